The summed E-state index contributed by atoms with van der Waals surface area (Å²) in [7, 11) is 0. The maximum absolute atomic E-state index is 13.5. The van der Waals surface area contributed by atoms with Crippen molar-refractivity contribution in [2.45, 2.75) is 38.1 Å². The maximum Gasteiger partial charge on any atom is 0.329 e. The van der Waals surface area contributed by atoms with Gasteiger partial charge in [0.1, 0.15) is 5.54 Å². The van der Waals surface area contributed by atoms with Crippen LogP contribution in [0, 0.1) is 11.9 Å². The van der Waals surface area contributed by atoms with Gasteiger partial charge >= 0.3 is 5.97 Å². The molecule has 6 heteroatoms. The fourth-order valence-electron chi connectivity index (χ4n) is 2.49. The summed E-state index contributed by atoms with van der Waals surface area (Å²) in [4.78, 5) is 27.0. The maximum atomic E-state index is 13.5. The summed E-state index contributed by atoms with van der Waals surface area (Å²) in [5.74, 6) is -2.25. The summed E-state index contributed by atoms with van der Waals surface area (Å²) in [5, 5.41) is 11.9. The number of nitrogens with zero attached hydrogens (tertiary/aromatic N) is 1. The Hall–Kier alpha value is -1.98. The number of hydrogen-bond donors (Lipinski definition) is 2. The molecule has 0 bridgehead atoms. The van der Waals surface area contributed by atoms with Gasteiger partial charge in [-0.3, -0.25) is 4.79 Å². The molecule has 1 heterocycles. The number of halogens is 1. The van der Waals surface area contributed by atoms with E-state index in [2.05, 4.69) is 10.3 Å². The molecule has 5 nitrogen and oxygen atoms in total. The summed E-state index contributed by atoms with van der Waals surface area (Å²) >= 11 is 0. The molecule has 2 rings (SSSR count). The molecule has 1 aromatic rings. The van der Waals surface area contributed by atoms with Gasteiger partial charge in [-0.2, -0.15) is 4.39 Å². The van der Waals surface area contributed by atoms with Gasteiger partial charge < -0.3 is 10.4 Å². The van der Waals surface area contributed by atoms with Gasteiger partial charge in [0, 0.05) is 6.20 Å². The molecule has 1 amide bonds. The quantitative estimate of drug-likeness (QED) is 0.830. The highest BCUT2D eigenvalue weighted by Crippen LogP contribution is 2.32. The third-order valence-corrected chi connectivity index (χ3v) is 3.89. The number of aliphatic carboxylic acids is 1. The van der Waals surface area contributed by atoms with Crippen LogP contribution in [0.15, 0.2) is 18.3 Å². The SMILES string of the molecule is CC1CCC(NC(=O)c2cccnc2F)(C(=O)O)CC1. The standard InChI is InChI=1S/C14H17FN2O3/c1-9-4-6-14(7-5-9,13(19)20)17-12(18)10-3-2-8-16-11(10)15/h2-3,8-9H,4-7H2,1H3,(H,17,18)(H,19,20). The fraction of sp³-hybridized carbons (Fsp3) is 0.500. The van der Waals surface area contributed by atoms with Gasteiger partial charge in [0.15, 0.2) is 0 Å². The van der Waals surface area contributed by atoms with Crippen molar-refractivity contribution in [1.82, 2.24) is 10.3 Å². The summed E-state index contributed by atoms with van der Waals surface area (Å²) in [6.07, 6.45) is 3.40. The first-order valence-corrected chi connectivity index (χ1v) is 6.61. The number of carbonyl (C=O) groups excluding carboxylic acids is 1. The Morgan fingerprint density at radius 2 is 2.10 bits per heavy atom. The third kappa shape index (κ3) is 2.79. The predicted molar refractivity (Wildman–Crippen MR) is 69.7 cm³/mol. The Morgan fingerprint density at radius 3 is 2.65 bits per heavy atom. The van der Waals surface area contributed by atoms with Crippen LogP contribution >= 0.6 is 0 Å². The molecule has 2 N–H and O–H groups in total. The zero-order valence-electron chi connectivity index (χ0n) is 11.2. The number of pyridine rings is 1. The monoisotopic (exact) mass is 280 g/mol. The molecule has 0 unspecified atom stereocenters. The van der Waals surface area contributed by atoms with E-state index >= 15 is 0 Å². The molecule has 0 spiro atoms. The summed E-state index contributed by atoms with van der Waals surface area (Å²) in [5.41, 5.74) is -1.53. The van der Waals surface area contributed by atoms with E-state index in [1.807, 2.05) is 6.92 Å². The topological polar surface area (TPSA) is 79.3 Å². The van der Waals surface area contributed by atoms with Crippen molar-refractivity contribution in [3.8, 4) is 0 Å². The lowest BCUT2D eigenvalue weighted by Gasteiger charge is -2.36. The number of hydrogen-bond acceptors (Lipinski definition) is 3. The average molecular weight is 280 g/mol. The number of amides is 1. The molecule has 1 fully saturated rings. The molecule has 108 valence electrons. The second-order valence-electron chi connectivity index (χ2n) is 5.37. The van der Waals surface area contributed by atoms with E-state index in [-0.39, 0.29) is 5.56 Å². The van der Waals surface area contributed by atoms with E-state index in [0.29, 0.717) is 18.8 Å². The van der Waals surface area contributed by atoms with Crippen LogP contribution in [0.4, 0.5) is 4.39 Å². The minimum atomic E-state index is -1.30. The van der Waals surface area contributed by atoms with Crippen molar-refractivity contribution in [1.29, 1.82) is 0 Å². The Kier molecular flexibility index (Phi) is 4.01. The highest BCUT2D eigenvalue weighted by atomic mass is 19.1. The van der Waals surface area contributed by atoms with E-state index in [1.54, 1.807) is 0 Å². The summed E-state index contributed by atoms with van der Waals surface area (Å²) in [6, 6.07) is 2.73. The van der Waals surface area contributed by atoms with Crippen LogP contribution in [0.5, 0.6) is 0 Å². The average Bonchev–Trinajstić information content (AvgIpc) is 2.41. The first-order valence-electron chi connectivity index (χ1n) is 6.61. The molecule has 1 aromatic heterocycles. The number of rotatable bonds is 3. The number of carbonyl (C=O) groups is 2. The molecule has 1 saturated carbocycles. The number of nitrogens with one attached hydrogen (secondary N) is 1. The van der Waals surface area contributed by atoms with E-state index in [0.717, 1.165) is 12.8 Å². The zero-order chi connectivity index (χ0) is 14.8. The number of carboxylic acid groups (broad SMARTS) is 1. The minimum absolute atomic E-state index is 0.230. The lowest BCUT2D eigenvalue weighted by atomic mass is 9.77. The first-order chi connectivity index (χ1) is 9.44. The number of carboxylic acids is 1. The summed E-state index contributed by atoms with van der Waals surface area (Å²) in [6.45, 7) is 2.05. The molecule has 1 aliphatic rings. The smallest absolute Gasteiger partial charge is 0.329 e. The molecule has 0 radical (unpaired) electrons. The Labute approximate surface area is 116 Å². The minimum Gasteiger partial charge on any atom is -0.480 e. The molecule has 1 aliphatic carbocycles. The molecule has 0 aliphatic heterocycles. The Balaban J connectivity index is 2.19. The Morgan fingerprint density at radius 1 is 1.45 bits per heavy atom. The van der Waals surface area contributed by atoms with E-state index in [4.69, 9.17) is 0 Å². The van der Waals surface area contributed by atoms with Gasteiger partial charge in [0.25, 0.3) is 5.91 Å². The zero-order valence-corrected chi connectivity index (χ0v) is 11.2. The molecule has 0 saturated heterocycles. The molecule has 0 atom stereocenters. The van der Waals surface area contributed by atoms with E-state index in [1.165, 1.54) is 18.3 Å². The van der Waals surface area contributed by atoms with Crippen LogP contribution in [0.25, 0.3) is 0 Å². The second kappa shape index (κ2) is 5.56. The van der Waals surface area contributed by atoms with Crippen molar-refractivity contribution in [2.75, 3.05) is 0 Å². The Bertz CT molecular complexity index is 525. The van der Waals surface area contributed by atoms with Gasteiger partial charge in [-0.1, -0.05) is 6.92 Å². The van der Waals surface area contributed by atoms with E-state index in [9.17, 15) is 19.1 Å². The van der Waals surface area contributed by atoms with Crippen molar-refractivity contribution in [3.05, 3.63) is 29.8 Å². The van der Waals surface area contributed by atoms with Crippen LogP contribution in [-0.2, 0) is 4.79 Å². The second-order valence-corrected chi connectivity index (χ2v) is 5.37. The normalized spacial score (nSPS) is 26.0. The molecule has 20 heavy (non-hydrogen) atoms. The van der Waals surface area contributed by atoms with Crippen molar-refractivity contribution in [3.63, 3.8) is 0 Å². The van der Waals surface area contributed by atoms with Gasteiger partial charge in [0.05, 0.1) is 5.56 Å². The molecule has 0 aromatic carbocycles. The van der Waals surface area contributed by atoms with Gasteiger partial charge in [-0.25, -0.2) is 9.78 Å². The largest absolute Gasteiger partial charge is 0.480 e. The van der Waals surface area contributed by atoms with E-state index < -0.39 is 23.4 Å². The predicted octanol–water partition coefficient (Wildman–Crippen LogP) is 1.98. The van der Waals surface area contributed by atoms with Crippen LogP contribution in [0.1, 0.15) is 43.0 Å². The highest BCUT2D eigenvalue weighted by molar-refractivity contribution is 5.97. The lowest BCUT2D eigenvalue weighted by molar-refractivity contribution is -0.146. The summed E-state index contributed by atoms with van der Waals surface area (Å²) < 4.78 is 13.5. The number of aromatic nitrogens is 1. The van der Waals surface area contributed by atoms with Crippen LogP contribution in [0.3, 0.4) is 0 Å². The van der Waals surface area contributed by atoms with Crippen LogP contribution in [-0.4, -0.2) is 27.5 Å². The van der Waals surface area contributed by atoms with Crippen molar-refractivity contribution < 1.29 is 19.1 Å². The van der Waals surface area contributed by atoms with Crippen molar-refractivity contribution in [2.24, 2.45) is 5.92 Å². The lowest BCUT2D eigenvalue weighted by Crippen LogP contribution is -2.56. The fourth-order valence-corrected chi connectivity index (χ4v) is 2.49. The van der Waals surface area contributed by atoms with Crippen LogP contribution < -0.4 is 5.32 Å². The van der Waals surface area contributed by atoms with Gasteiger partial charge in [-0.15, -0.1) is 0 Å². The van der Waals surface area contributed by atoms with Gasteiger partial charge in [0.2, 0.25) is 5.95 Å². The third-order valence-electron chi connectivity index (χ3n) is 3.89. The van der Waals surface area contributed by atoms with Crippen LogP contribution in [0.2, 0.25) is 0 Å². The first kappa shape index (κ1) is 14.4. The molecular weight excluding hydrogens is 263 g/mol. The van der Waals surface area contributed by atoms with Crippen molar-refractivity contribution >= 4 is 11.9 Å². The van der Waals surface area contributed by atoms with Gasteiger partial charge in [-0.05, 0) is 43.7 Å². The highest BCUT2D eigenvalue weighted by Gasteiger charge is 2.42. The molecular formula is C14H17FN2O3.